The number of nitrogens with one attached hydrogen (secondary N) is 1. The number of nitrogens with two attached hydrogens (primary N) is 1. The van der Waals surface area contributed by atoms with Gasteiger partial charge >= 0.3 is 0 Å². The van der Waals surface area contributed by atoms with Crippen molar-refractivity contribution in [3.8, 4) is 0 Å². The van der Waals surface area contributed by atoms with Gasteiger partial charge in [-0.05, 0) is 6.42 Å². The molecule has 0 fully saturated rings. The van der Waals surface area contributed by atoms with Crippen LogP contribution in [0, 0.1) is 5.92 Å². The summed E-state index contributed by atoms with van der Waals surface area (Å²) in [6.45, 7) is 6.25. The Labute approximate surface area is 124 Å². The molecule has 0 saturated carbocycles. The lowest BCUT2D eigenvalue weighted by Gasteiger charge is -2.05. The molecule has 0 aliphatic heterocycles. The molecule has 1 rings (SSSR count). The molecule has 1 heterocycles. The van der Waals surface area contributed by atoms with Crippen molar-refractivity contribution in [1.82, 2.24) is 0 Å². The molecule has 0 aromatic carbocycles. The number of ketones is 1. The van der Waals surface area contributed by atoms with Crippen molar-refractivity contribution in [2.45, 2.75) is 38.5 Å². The first kappa shape index (κ1) is 17.0. The Balaban J connectivity index is 3.28. The number of unbranched alkanes of at least 4 members (excludes halogenated alkanes) is 1. The Kier molecular flexibility index (Phi) is 5.59. The van der Waals surface area contributed by atoms with E-state index < -0.39 is 9.84 Å². The number of sulfone groups is 1. The number of carbonyl (C=O) groups excluding carboxylic acids is 1. The standard InChI is InChI=1S/C13H22N2O3S2/c1-5-6-7-15-13-12(20(4,17)18)9(14)11(19-13)10(16)8(2)3/h8,15H,5-7,14H2,1-4H3. The predicted molar refractivity (Wildman–Crippen MR) is 84.4 cm³/mol. The van der Waals surface area contributed by atoms with Crippen LogP contribution in [0.25, 0.3) is 0 Å². The van der Waals surface area contributed by atoms with Crippen molar-refractivity contribution < 1.29 is 13.2 Å². The second-order valence-corrected chi connectivity index (χ2v) is 8.05. The Bertz CT molecular complexity index is 589. The predicted octanol–water partition coefficient (Wildman–Crippen LogP) is 2.78. The fourth-order valence-electron chi connectivity index (χ4n) is 1.74. The van der Waals surface area contributed by atoms with Crippen molar-refractivity contribution in [2.75, 3.05) is 23.9 Å². The van der Waals surface area contributed by atoms with E-state index in [0.29, 0.717) is 16.4 Å². The molecule has 5 nitrogen and oxygen atoms in total. The van der Waals surface area contributed by atoms with E-state index in [2.05, 4.69) is 12.2 Å². The second-order valence-electron chi connectivity index (χ2n) is 5.07. The molecular weight excluding hydrogens is 296 g/mol. The van der Waals surface area contributed by atoms with Crippen LogP contribution >= 0.6 is 11.3 Å². The molecule has 3 N–H and O–H groups in total. The van der Waals surface area contributed by atoms with Crippen molar-refractivity contribution >= 4 is 37.6 Å². The fraction of sp³-hybridized carbons (Fsp3) is 0.615. The Hall–Kier alpha value is -1.08. The first-order valence-electron chi connectivity index (χ1n) is 6.60. The van der Waals surface area contributed by atoms with Crippen LogP contribution in [0.2, 0.25) is 0 Å². The van der Waals surface area contributed by atoms with Gasteiger partial charge in [-0.2, -0.15) is 0 Å². The molecule has 0 aliphatic carbocycles. The van der Waals surface area contributed by atoms with Crippen LogP contribution in [0.5, 0.6) is 0 Å². The van der Waals surface area contributed by atoms with Gasteiger partial charge in [-0.1, -0.05) is 27.2 Å². The summed E-state index contributed by atoms with van der Waals surface area (Å²) in [7, 11) is -3.47. The molecule has 0 bridgehead atoms. The molecule has 0 saturated heterocycles. The molecule has 20 heavy (non-hydrogen) atoms. The number of nitrogen functional groups attached to an aromatic ring is 1. The quantitative estimate of drug-likeness (QED) is 0.596. The average molecular weight is 318 g/mol. The Morgan fingerprint density at radius 3 is 2.45 bits per heavy atom. The average Bonchev–Trinajstić information content (AvgIpc) is 2.65. The van der Waals surface area contributed by atoms with Gasteiger partial charge in [0.05, 0.1) is 10.6 Å². The van der Waals surface area contributed by atoms with Gasteiger partial charge in [-0.3, -0.25) is 4.79 Å². The molecule has 0 spiro atoms. The van der Waals surface area contributed by atoms with Crippen LogP contribution in [0.15, 0.2) is 4.90 Å². The zero-order valence-corrected chi connectivity index (χ0v) is 14.0. The van der Waals surface area contributed by atoms with E-state index in [1.165, 1.54) is 0 Å². The van der Waals surface area contributed by atoms with Gasteiger partial charge in [-0.15, -0.1) is 11.3 Å². The maximum atomic E-state index is 12.1. The smallest absolute Gasteiger partial charge is 0.180 e. The molecule has 0 amide bonds. The summed E-state index contributed by atoms with van der Waals surface area (Å²) < 4.78 is 23.8. The SMILES string of the molecule is CCCCNc1sc(C(=O)C(C)C)c(N)c1S(C)(=O)=O. The van der Waals surface area contributed by atoms with E-state index in [1.54, 1.807) is 13.8 Å². The van der Waals surface area contributed by atoms with Crippen LogP contribution in [-0.4, -0.2) is 27.0 Å². The van der Waals surface area contributed by atoms with Crippen molar-refractivity contribution in [1.29, 1.82) is 0 Å². The Morgan fingerprint density at radius 1 is 1.40 bits per heavy atom. The van der Waals surface area contributed by atoms with Crippen LogP contribution in [0.3, 0.4) is 0 Å². The highest BCUT2D eigenvalue weighted by atomic mass is 32.2. The minimum absolute atomic E-state index is 0.0580. The number of anilines is 2. The lowest BCUT2D eigenvalue weighted by atomic mass is 10.1. The molecule has 0 aliphatic rings. The van der Waals surface area contributed by atoms with Crippen LogP contribution in [-0.2, 0) is 9.84 Å². The number of Topliss-reactive ketones (excluding diaryl/α,β-unsaturated/α-hetero) is 1. The van der Waals surface area contributed by atoms with Crippen molar-refractivity contribution in [3.05, 3.63) is 4.88 Å². The van der Waals surface area contributed by atoms with E-state index >= 15 is 0 Å². The van der Waals surface area contributed by atoms with Gasteiger partial charge in [-0.25, -0.2) is 8.42 Å². The third-order valence-electron chi connectivity index (χ3n) is 2.83. The van der Waals surface area contributed by atoms with E-state index in [1.807, 2.05) is 0 Å². The lowest BCUT2D eigenvalue weighted by Crippen LogP contribution is -2.09. The third kappa shape index (κ3) is 3.73. The summed E-state index contributed by atoms with van der Waals surface area (Å²) in [5.41, 5.74) is 5.98. The highest BCUT2D eigenvalue weighted by Crippen LogP contribution is 2.40. The Morgan fingerprint density at radius 2 is 2.00 bits per heavy atom. The number of hydrogen-bond acceptors (Lipinski definition) is 6. The summed E-state index contributed by atoms with van der Waals surface area (Å²) in [5, 5.41) is 3.56. The van der Waals surface area contributed by atoms with Gasteiger partial charge in [0.15, 0.2) is 15.6 Å². The van der Waals surface area contributed by atoms with Gasteiger partial charge in [0, 0.05) is 18.7 Å². The summed E-state index contributed by atoms with van der Waals surface area (Å²) in [4.78, 5) is 12.5. The van der Waals surface area contributed by atoms with Crippen molar-refractivity contribution in [3.63, 3.8) is 0 Å². The maximum Gasteiger partial charge on any atom is 0.180 e. The second kappa shape index (κ2) is 6.58. The fourth-order valence-corrected chi connectivity index (χ4v) is 4.42. The number of carbonyl (C=O) groups is 1. The molecule has 0 radical (unpaired) electrons. The molecule has 7 heteroatoms. The summed E-state index contributed by atoms with van der Waals surface area (Å²) in [6.07, 6.45) is 3.04. The largest absolute Gasteiger partial charge is 0.396 e. The van der Waals surface area contributed by atoms with E-state index in [0.717, 1.165) is 30.4 Å². The van der Waals surface area contributed by atoms with E-state index in [4.69, 9.17) is 5.73 Å². The number of rotatable bonds is 7. The van der Waals surface area contributed by atoms with Crippen LogP contribution in [0.4, 0.5) is 10.7 Å². The molecular formula is C13H22N2O3S2. The third-order valence-corrected chi connectivity index (χ3v) is 5.31. The molecule has 0 atom stereocenters. The first-order valence-corrected chi connectivity index (χ1v) is 9.31. The minimum Gasteiger partial charge on any atom is -0.396 e. The lowest BCUT2D eigenvalue weighted by molar-refractivity contribution is 0.0944. The summed E-state index contributed by atoms with van der Waals surface area (Å²) in [5.74, 6) is -0.340. The number of hydrogen-bond donors (Lipinski definition) is 2. The topological polar surface area (TPSA) is 89.3 Å². The van der Waals surface area contributed by atoms with Gasteiger partial charge in [0.2, 0.25) is 0 Å². The zero-order valence-electron chi connectivity index (χ0n) is 12.3. The van der Waals surface area contributed by atoms with Crippen LogP contribution < -0.4 is 11.1 Å². The molecule has 1 aromatic rings. The first-order chi connectivity index (χ1) is 9.20. The van der Waals surface area contributed by atoms with E-state index in [-0.39, 0.29) is 22.3 Å². The maximum absolute atomic E-state index is 12.1. The van der Waals surface area contributed by atoms with Crippen LogP contribution in [0.1, 0.15) is 43.3 Å². The normalized spacial score (nSPS) is 11.8. The number of thiophene rings is 1. The minimum atomic E-state index is -3.47. The van der Waals surface area contributed by atoms with Gasteiger partial charge in [0.25, 0.3) is 0 Å². The highest BCUT2D eigenvalue weighted by Gasteiger charge is 2.27. The van der Waals surface area contributed by atoms with Crippen molar-refractivity contribution in [2.24, 2.45) is 5.92 Å². The monoisotopic (exact) mass is 318 g/mol. The summed E-state index contributed by atoms with van der Waals surface area (Å²) in [6, 6.07) is 0. The van der Waals surface area contributed by atoms with Gasteiger partial charge in [0.1, 0.15) is 9.90 Å². The zero-order chi connectivity index (χ0) is 15.5. The highest BCUT2D eigenvalue weighted by molar-refractivity contribution is 7.91. The van der Waals surface area contributed by atoms with E-state index in [9.17, 15) is 13.2 Å². The molecule has 0 unspecified atom stereocenters. The molecule has 1 aromatic heterocycles. The summed E-state index contributed by atoms with van der Waals surface area (Å²) >= 11 is 1.14. The van der Waals surface area contributed by atoms with Gasteiger partial charge < -0.3 is 11.1 Å². The molecule has 114 valence electrons.